The molecule has 50 valence electrons. The van der Waals surface area contributed by atoms with E-state index in [1.807, 2.05) is 20.8 Å². The van der Waals surface area contributed by atoms with Crippen molar-refractivity contribution in [2.24, 2.45) is 5.41 Å². The Labute approximate surface area is 66.5 Å². The molecule has 0 saturated carbocycles. The van der Waals surface area contributed by atoms with Gasteiger partial charge in [0.05, 0.1) is 0 Å². The molecule has 2 nitrogen and oxygen atoms in total. The fraction of sp³-hybridized carbons (Fsp3) is 0.667. The quantitative estimate of drug-likeness (QED) is 0.422. The third kappa shape index (κ3) is 3.60. The van der Waals surface area contributed by atoms with Crippen LogP contribution in [0.5, 0.6) is 0 Å². The number of carbonyl (C=O) groups is 1. The molecule has 0 radical (unpaired) electrons. The molecule has 0 aliphatic carbocycles. The van der Waals surface area contributed by atoms with Gasteiger partial charge in [-0.05, 0) is 0 Å². The van der Waals surface area contributed by atoms with E-state index in [-0.39, 0.29) is 11.4 Å². The van der Waals surface area contributed by atoms with E-state index in [1.54, 1.807) is 20.0 Å². The minimum absolute atomic E-state index is 0.190. The van der Waals surface area contributed by atoms with Crippen LogP contribution < -0.4 is 0 Å². The zero-order valence-corrected chi connectivity index (χ0v) is 7.46. The van der Waals surface area contributed by atoms with Gasteiger partial charge >= 0.3 is 66.2 Å². The van der Waals surface area contributed by atoms with E-state index in [9.17, 15) is 4.79 Å². The maximum absolute atomic E-state index is 10.8. The van der Waals surface area contributed by atoms with Gasteiger partial charge in [-0.3, -0.25) is 0 Å². The van der Waals surface area contributed by atoms with Gasteiger partial charge in [-0.1, -0.05) is 0 Å². The number of hydrogen-bond acceptors (Lipinski definition) is 2. The van der Waals surface area contributed by atoms with Crippen LogP contribution in [0.1, 0.15) is 20.8 Å². The molecule has 0 rings (SSSR count). The average molecular weight is 162 g/mol. The van der Waals surface area contributed by atoms with Crippen molar-refractivity contribution in [3.8, 4) is 0 Å². The Morgan fingerprint density at radius 2 is 2.00 bits per heavy atom. The van der Waals surface area contributed by atoms with Crippen LogP contribution in [0.2, 0.25) is 0 Å². The second kappa shape index (κ2) is 3.28. The maximum atomic E-state index is 10.8. The van der Waals surface area contributed by atoms with Crippen molar-refractivity contribution in [2.45, 2.75) is 20.8 Å². The van der Waals surface area contributed by atoms with Crippen molar-refractivity contribution in [3.05, 3.63) is 0 Å². The van der Waals surface area contributed by atoms with Gasteiger partial charge in [0.1, 0.15) is 0 Å². The summed E-state index contributed by atoms with van der Waals surface area (Å²) in [5, 5.41) is 0. The van der Waals surface area contributed by atoms with Gasteiger partial charge in [-0.25, -0.2) is 0 Å². The average Bonchev–Trinajstić information content (AvgIpc) is 1.64. The summed E-state index contributed by atoms with van der Waals surface area (Å²) in [5.74, 6) is -0.190. The SMILES string of the molecule is CC(C)(C)C(=O)O[CH]=[Ti]. The number of carbonyl (C=O) groups excluding carboxylic acids is 1. The zero-order chi connectivity index (χ0) is 7.49. The molecule has 0 aromatic carbocycles. The summed E-state index contributed by atoms with van der Waals surface area (Å²) in [6.45, 7) is 5.45. The van der Waals surface area contributed by atoms with E-state index in [0.29, 0.717) is 0 Å². The van der Waals surface area contributed by atoms with E-state index in [0.717, 1.165) is 0 Å². The molecule has 0 spiro atoms. The molecular formula is C6H10O2Ti. The van der Waals surface area contributed by atoms with Crippen LogP contribution in [0.15, 0.2) is 0 Å². The summed E-state index contributed by atoms with van der Waals surface area (Å²) in [7, 11) is 0. The first kappa shape index (κ1) is 9.05. The van der Waals surface area contributed by atoms with E-state index < -0.39 is 0 Å². The van der Waals surface area contributed by atoms with Crippen LogP contribution in [0.25, 0.3) is 0 Å². The van der Waals surface area contributed by atoms with Gasteiger partial charge in [0.2, 0.25) is 0 Å². The topological polar surface area (TPSA) is 26.3 Å². The van der Waals surface area contributed by atoms with Gasteiger partial charge < -0.3 is 0 Å². The Morgan fingerprint density at radius 3 is 2.11 bits per heavy atom. The molecule has 0 saturated heterocycles. The molecule has 0 heterocycles. The molecule has 0 bridgehead atoms. The van der Waals surface area contributed by atoms with Gasteiger partial charge in [-0.15, -0.1) is 0 Å². The molecule has 9 heavy (non-hydrogen) atoms. The van der Waals surface area contributed by atoms with Crippen molar-refractivity contribution in [2.75, 3.05) is 0 Å². The first-order valence-electron chi connectivity index (χ1n) is 2.68. The Bertz CT molecular complexity index is 124. The first-order valence-corrected chi connectivity index (χ1v) is 3.58. The molecular weight excluding hydrogens is 152 g/mol. The van der Waals surface area contributed by atoms with Crippen molar-refractivity contribution < 1.29 is 29.5 Å². The van der Waals surface area contributed by atoms with Crippen LogP contribution in [-0.4, -0.2) is 10.5 Å². The number of ether oxygens (including phenoxy) is 1. The molecule has 0 amide bonds. The predicted molar refractivity (Wildman–Crippen MR) is 31.6 cm³/mol. The van der Waals surface area contributed by atoms with E-state index in [1.165, 1.54) is 4.50 Å². The molecule has 0 aromatic heterocycles. The summed E-state index contributed by atoms with van der Waals surface area (Å²) in [4.78, 5) is 10.8. The second-order valence-electron chi connectivity index (χ2n) is 2.77. The summed E-state index contributed by atoms with van der Waals surface area (Å²) in [6, 6.07) is 0. The predicted octanol–water partition coefficient (Wildman–Crippen LogP) is 0.882. The molecule has 0 N–H and O–H groups in total. The van der Waals surface area contributed by atoms with E-state index in [2.05, 4.69) is 4.74 Å². The van der Waals surface area contributed by atoms with Crippen LogP contribution in [0.3, 0.4) is 0 Å². The van der Waals surface area contributed by atoms with Gasteiger partial charge in [0.15, 0.2) is 0 Å². The Morgan fingerprint density at radius 1 is 1.56 bits per heavy atom. The molecule has 0 fully saturated rings. The third-order valence-corrected chi connectivity index (χ3v) is 0.962. The second-order valence-corrected chi connectivity index (χ2v) is 3.14. The molecule has 3 heteroatoms. The van der Waals surface area contributed by atoms with Crippen LogP contribution in [0.4, 0.5) is 0 Å². The Hall–Kier alpha value is 0.0543. The fourth-order valence-corrected chi connectivity index (χ4v) is 0.397. The van der Waals surface area contributed by atoms with Crippen LogP contribution in [0, 0.1) is 5.41 Å². The molecule has 0 aromatic rings. The zero-order valence-electron chi connectivity index (χ0n) is 5.89. The van der Waals surface area contributed by atoms with Crippen LogP contribution >= 0.6 is 0 Å². The van der Waals surface area contributed by atoms with E-state index in [4.69, 9.17) is 0 Å². The van der Waals surface area contributed by atoms with Crippen LogP contribution in [-0.2, 0) is 29.5 Å². The number of hydrogen-bond donors (Lipinski definition) is 0. The monoisotopic (exact) mass is 162 g/mol. The van der Waals surface area contributed by atoms with Crippen molar-refractivity contribution in [1.29, 1.82) is 0 Å². The summed E-state index contributed by atoms with van der Waals surface area (Å²) >= 11 is 1.68. The molecule has 0 atom stereocenters. The van der Waals surface area contributed by atoms with Crippen molar-refractivity contribution in [3.63, 3.8) is 0 Å². The normalized spacial score (nSPS) is 10.4. The summed E-state index contributed by atoms with van der Waals surface area (Å²) in [6.07, 6.45) is 0. The number of esters is 1. The van der Waals surface area contributed by atoms with Crippen molar-refractivity contribution in [1.82, 2.24) is 0 Å². The molecule has 0 unspecified atom stereocenters. The standard InChI is InChI=1S/C6H10O2.Ti/c1-6(2,3)5(7)8-4;/h4H,1-3H3;. The van der Waals surface area contributed by atoms with E-state index >= 15 is 0 Å². The van der Waals surface area contributed by atoms with Gasteiger partial charge in [0.25, 0.3) is 0 Å². The molecule has 0 aliphatic heterocycles. The number of rotatable bonds is 1. The summed E-state index contributed by atoms with van der Waals surface area (Å²) in [5.41, 5.74) is -0.382. The Balaban J connectivity index is 3.88. The fourth-order valence-electron chi connectivity index (χ4n) is 0.230. The first-order chi connectivity index (χ1) is 3.98. The Kier molecular flexibility index (Phi) is 3.30. The summed E-state index contributed by atoms with van der Waals surface area (Å²) < 4.78 is 6.04. The minimum atomic E-state index is -0.382. The van der Waals surface area contributed by atoms with Gasteiger partial charge in [-0.2, -0.15) is 0 Å². The van der Waals surface area contributed by atoms with Crippen molar-refractivity contribution >= 4 is 10.5 Å². The van der Waals surface area contributed by atoms with Gasteiger partial charge in [0, 0.05) is 0 Å². The third-order valence-electron chi connectivity index (χ3n) is 0.778. The molecule has 0 aliphatic rings.